The molecule has 1 aromatic carbocycles. The molecular weight excluding hydrogens is 292 g/mol. The maximum absolute atomic E-state index is 11.8. The van der Waals surface area contributed by atoms with Crippen LogP contribution in [0.15, 0.2) is 18.2 Å². The summed E-state index contributed by atoms with van der Waals surface area (Å²) in [6.07, 6.45) is 6.65. The smallest absolute Gasteiger partial charge is 0.311 e. The molecule has 0 radical (unpaired) electrons. The van der Waals surface area contributed by atoms with Crippen LogP contribution in [0, 0.1) is 6.92 Å². The van der Waals surface area contributed by atoms with Crippen molar-refractivity contribution in [2.45, 2.75) is 72.1 Å². The summed E-state index contributed by atoms with van der Waals surface area (Å²) in [6.45, 7) is 6.06. The standard InChI is InChI=1S/C19H28O4/c1-4-6-8-10-18(20)22-16-12-15(3)13-17(14-16)23-19(21)11-9-7-5-2/h12-14H,4-11H2,1-3H3. The summed E-state index contributed by atoms with van der Waals surface area (Å²) in [5.74, 6) is 0.374. The fraction of sp³-hybridized carbons (Fsp3) is 0.579. The van der Waals surface area contributed by atoms with Crippen LogP contribution in [0.25, 0.3) is 0 Å². The Morgan fingerprint density at radius 3 is 1.61 bits per heavy atom. The molecule has 0 spiro atoms. The molecule has 1 aromatic rings. The highest BCUT2D eigenvalue weighted by Crippen LogP contribution is 2.23. The molecule has 0 aromatic heterocycles. The minimum atomic E-state index is -0.246. The molecule has 4 heteroatoms. The van der Waals surface area contributed by atoms with Crippen LogP contribution in [0.2, 0.25) is 0 Å². The predicted octanol–water partition coefficient (Wildman–Crippen LogP) is 4.97. The first-order chi connectivity index (χ1) is 11.0. The molecular formula is C19H28O4. The van der Waals surface area contributed by atoms with Crippen molar-refractivity contribution in [1.29, 1.82) is 0 Å². The Hall–Kier alpha value is -1.84. The number of aryl methyl sites for hydroxylation is 1. The second kappa shape index (κ2) is 10.8. The van der Waals surface area contributed by atoms with Gasteiger partial charge < -0.3 is 9.47 Å². The van der Waals surface area contributed by atoms with Gasteiger partial charge in [-0.2, -0.15) is 0 Å². The molecule has 4 nitrogen and oxygen atoms in total. The molecule has 0 bridgehead atoms. The second-order valence-corrected chi connectivity index (χ2v) is 5.84. The molecule has 23 heavy (non-hydrogen) atoms. The van der Waals surface area contributed by atoms with Gasteiger partial charge in [0.25, 0.3) is 0 Å². The number of benzene rings is 1. The van der Waals surface area contributed by atoms with Crippen LogP contribution in [-0.2, 0) is 9.59 Å². The molecule has 0 saturated carbocycles. The minimum absolute atomic E-state index is 0.246. The van der Waals surface area contributed by atoms with E-state index in [4.69, 9.17) is 9.47 Å². The summed E-state index contributed by atoms with van der Waals surface area (Å²) in [5.41, 5.74) is 0.889. The summed E-state index contributed by atoms with van der Waals surface area (Å²) in [6, 6.07) is 5.14. The molecule has 0 aliphatic carbocycles. The van der Waals surface area contributed by atoms with Crippen molar-refractivity contribution < 1.29 is 19.1 Å². The summed E-state index contributed by atoms with van der Waals surface area (Å²) >= 11 is 0. The molecule has 0 amide bonds. The van der Waals surface area contributed by atoms with E-state index < -0.39 is 0 Å². The van der Waals surface area contributed by atoms with Crippen molar-refractivity contribution in [3.63, 3.8) is 0 Å². The quantitative estimate of drug-likeness (QED) is 0.347. The third kappa shape index (κ3) is 8.38. The highest BCUT2D eigenvalue weighted by molar-refractivity contribution is 5.74. The van der Waals surface area contributed by atoms with Crippen LogP contribution in [0.5, 0.6) is 11.5 Å². The Morgan fingerprint density at radius 1 is 0.783 bits per heavy atom. The number of esters is 2. The Morgan fingerprint density at radius 2 is 1.22 bits per heavy atom. The van der Waals surface area contributed by atoms with Crippen LogP contribution in [-0.4, -0.2) is 11.9 Å². The van der Waals surface area contributed by atoms with E-state index in [-0.39, 0.29) is 11.9 Å². The first kappa shape index (κ1) is 19.2. The third-order valence-electron chi connectivity index (χ3n) is 3.46. The first-order valence-electron chi connectivity index (χ1n) is 8.58. The summed E-state index contributed by atoms with van der Waals surface area (Å²) in [7, 11) is 0. The van der Waals surface area contributed by atoms with Crippen LogP contribution < -0.4 is 9.47 Å². The van der Waals surface area contributed by atoms with Gasteiger partial charge in [0.15, 0.2) is 0 Å². The van der Waals surface area contributed by atoms with E-state index in [9.17, 15) is 9.59 Å². The van der Waals surface area contributed by atoms with Crippen LogP contribution in [0.3, 0.4) is 0 Å². The van der Waals surface area contributed by atoms with Crippen molar-refractivity contribution in [2.24, 2.45) is 0 Å². The SMILES string of the molecule is CCCCCC(=O)Oc1cc(C)cc(OC(=O)CCCCC)c1. The minimum Gasteiger partial charge on any atom is -0.426 e. The highest BCUT2D eigenvalue weighted by Gasteiger charge is 2.09. The lowest BCUT2D eigenvalue weighted by Crippen LogP contribution is -2.10. The fourth-order valence-electron chi connectivity index (χ4n) is 2.24. The van der Waals surface area contributed by atoms with E-state index in [0.717, 1.165) is 44.1 Å². The van der Waals surface area contributed by atoms with E-state index in [1.165, 1.54) is 0 Å². The lowest BCUT2D eigenvalue weighted by atomic mass is 10.2. The molecule has 0 saturated heterocycles. The molecule has 0 N–H and O–H groups in total. The summed E-state index contributed by atoms with van der Waals surface area (Å²) < 4.78 is 10.7. The maximum Gasteiger partial charge on any atom is 0.311 e. The van der Waals surface area contributed by atoms with Crippen LogP contribution in [0.4, 0.5) is 0 Å². The van der Waals surface area contributed by atoms with E-state index in [2.05, 4.69) is 13.8 Å². The maximum atomic E-state index is 11.8. The zero-order valence-corrected chi connectivity index (χ0v) is 14.5. The van der Waals surface area contributed by atoms with Crippen molar-refractivity contribution in [1.82, 2.24) is 0 Å². The lowest BCUT2D eigenvalue weighted by molar-refractivity contribution is -0.135. The number of hydrogen-bond donors (Lipinski definition) is 0. The lowest BCUT2D eigenvalue weighted by Gasteiger charge is -2.09. The fourth-order valence-corrected chi connectivity index (χ4v) is 2.24. The second-order valence-electron chi connectivity index (χ2n) is 5.84. The van der Waals surface area contributed by atoms with E-state index in [0.29, 0.717) is 24.3 Å². The number of carbonyl (C=O) groups is 2. The molecule has 128 valence electrons. The molecule has 0 fully saturated rings. The summed E-state index contributed by atoms with van der Waals surface area (Å²) in [4.78, 5) is 23.6. The van der Waals surface area contributed by atoms with E-state index in [1.54, 1.807) is 18.2 Å². The number of hydrogen-bond acceptors (Lipinski definition) is 4. The zero-order chi connectivity index (χ0) is 17.1. The number of carbonyl (C=O) groups excluding carboxylic acids is 2. The van der Waals surface area contributed by atoms with Crippen molar-refractivity contribution in [3.05, 3.63) is 23.8 Å². The van der Waals surface area contributed by atoms with Gasteiger partial charge in [-0.15, -0.1) is 0 Å². The average Bonchev–Trinajstić information content (AvgIpc) is 2.47. The normalized spacial score (nSPS) is 10.4. The topological polar surface area (TPSA) is 52.6 Å². The highest BCUT2D eigenvalue weighted by atomic mass is 16.5. The Balaban J connectivity index is 2.57. The van der Waals surface area contributed by atoms with Gasteiger partial charge in [-0.25, -0.2) is 0 Å². The molecule has 0 atom stereocenters. The molecule has 0 heterocycles. The monoisotopic (exact) mass is 320 g/mol. The van der Waals surface area contributed by atoms with Crippen molar-refractivity contribution >= 4 is 11.9 Å². The van der Waals surface area contributed by atoms with Crippen LogP contribution >= 0.6 is 0 Å². The predicted molar refractivity (Wildman–Crippen MR) is 90.7 cm³/mol. The van der Waals surface area contributed by atoms with Gasteiger partial charge in [0.1, 0.15) is 11.5 Å². The van der Waals surface area contributed by atoms with Gasteiger partial charge >= 0.3 is 11.9 Å². The number of rotatable bonds is 10. The largest absolute Gasteiger partial charge is 0.426 e. The molecule has 0 unspecified atom stereocenters. The summed E-state index contributed by atoms with van der Waals surface area (Å²) in [5, 5.41) is 0. The van der Waals surface area contributed by atoms with E-state index >= 15 is 0 Å². The van der Waals surface area contributed by atoms with Gasteiger partial charge in [-0.3, -0.25) is 9.59 Å². The first-order valence-corrected chi connectivity index (χ1v) is 8.58. The number of ether oxygens (including phenoxy) is 2. The van der Waals surface area contributed by atoms with Gasteiger partial charge in [0.05, 0.1) is 0 Å². The third-order valence-corrected chi connectivity index (χ3v) is 3.46. The van der Waals surface area contributed by atoms with Crippen LogP contribution in [0.1, 0.15) is 70.8 Å². The average molecular weight is 320 g/mol. The van der Waals surface area contributed by atoms with E-state index in [1.807, 2.05) is 6.92 Å². The molecule has 0 aliphatic rings. The molecule has 0 aliphatic heterocycles. The van der Waals surface area contributed by atoms with Crippen molar-refractivity contribution in [3.8, 4) is 11.5 Å². The Kier molecular flexibility index (Phi) is 9.03. The molecule has 1 rings (SSSR count). The van der Waals surface area contributed by atoms with Gasteiger partial charge in [-0.1, -0.05) is 39.5 Å². The number of unbranched alkanes of at least 4 members (excludes halogenated alkanes) is 4. The van der Waals surface area contributed by atoms with Gasteiger partial charge in [0.2, 0.25) is 0 Å². The van der Waals surface area contributed by atoms with Crippen molar-refractivity contribution in [2.75, 3.05) is 0 Å². The zero-order valence-electron chi connectivity index (χ0n) is 14.5. The van der Waals surface area contributed by atoms with Gasteiger partial charge in [-0.05, 0) is 37.5 Å². The Labute approximate surface area is 139 Å². The Bertz CT molecular complexity index is 466. The van der Waals surface area contributed by atoms with Gasteiger partial charge in [0, 0.05) is 18.9 Å².